The van der Waals surface area contributed by atoms with Crippen molar-refractivity contribution < 1.29 is 15.3 Å². The molecule has 0 aromatic heterocycles. The number of hydrogen-bond acceptors (Lipinski definition) is 10. The molecule has 0 aliphatic heterocycles. The lowest BCUT2D eigenvalue weighted by Gasteiger charge is -2.38. The van der Waals surface area contributed by atoms with Crippen molar-refractivity contribution in [3.63, 3.8) is 0 Å². The minimum atomic E-state index is -0.664. The first-order chi connectivity index (χ1) is 14.4. The summed E-state index contributed by atoms with van der Waals surface area (Å²) >= 11 is 0. The number of nitrogens with zero attached hydrogens (tertiary/aromatic N) is 3. The molecule has 0 bridgehead atoms. The second kappa shape index (κ2) is 8.98. The quantitative estimate of drug-likeness (QED) is 0.410. The maximum absolute atomic E-state index is 10.9. The lowest BCUT2D eigenvalue weighted by molar-refractivity contribution is -0.377. The Morgan fingerprint density at radius 2 is 1.57 bits per heavy atom. The molecule has 4 N–H and O–H groups in total. The van der Waals surface area contributed by atoms with Gasteiger partial charge in [0.05, 0.1) is 11.4 Å². The fourth-order valence-electron chi connectivity index (χ4n) is 2.70. The van der Waals surface area contributed by atoms with Crippen molar-refractivity contribution in [1.82, 2.24) is 5.43 Å². The van der Waals surface area contributed by atoms with Gasteiger partial charge in [-0.1, -0.05) is 30.3 Å². The van der Waals surface area contributed by atoms with Crippen LogP contribution in [0, 0.1) is 20.8 Å². The van der Waals surface area contributed by atoms with Gasteiger partial charge in [0.25, 0.3) is 0 Å². The monoisotopic (exact) mass is 410 g/mol. The summed E-state index contributed by atoms with van der Waals surface area (Å²) < 4.78 is 0. The van der Waals surface area contributed by atoms with E-state index in [1.165, 1.54) is 24.3 Å². The second-order valence-corrected chi connectivity index (χ2v) is 6.04. The molecule has 30 heavy (non-hydrogen) atoms. The van der Waals surface area contributed by atoms with E-state index in [1.807, 2.05) is 30.3 Å². The molecule has 3 rings (SSSR count). The summed E-state index contributed by atoms with van der Waals surface area (Å²) in [4.78, 5) is -0.502. The predicted molar refractivity (Wildman–Crippen MR) is 112 cm³/mol. The fraction of sp³-hybridized carbons (Fsp3) is 0. The number of nitrogens with one attached hydrogen (secondary N) is 2. The molecule has 1 aliphatic carbocycles. The first kappa shape index (κ1) is 20.7. The highest BCUT2D eigenvalue weighted by Crippen LogP contribution is 2.29. The van der Waals surface area contributed by atoms with E-state index in [0.29, 0.717) is 11.3 Å². The summed E-state index contributed by atoms with van der Waals surface area (Å²) in [7, 11) is 0. The van der Waals surface area contributed by atoms with E-state index < -0.39 is 10.1 Å². The first-order valence-corrected chi connectivity index (χ1v) is 8.52. The molecule has 156 valence electrons. The topological polar surface area (TPSA) is 166 Å². The lowest BCUT2D eigenvalue weighted by atomic mass is 10.0. The van der Waals surface area contributed by atoms with E-state index in [4.69, 9.17) is 0 Å². The minimum Gasteiger partial charge on any atom is -0.769 e. The van der Waals surface area contributed by atoms with Gasteiger partial charge >= 0.3 is 0 Å². The number of hydrazine groups is 1. The van der Waals surface area contributed by atoms with E-state index in [1.54, 1.807) is 12.2 Å². The normalized spacial score (nSPS) is 12.5. The summed E-state index contributed by atoms with van der Waals surface area (Å²) in [5.74, 6) is 0. The Morgan fingerprint density at radius 1 is 0.900 bits per heavy atom. The highest BCUT2D eigenvalue weighted by Gasteiger charge is 2.13. The molecule has 11 nitrogen and oxygen atoms in total. The molecule has 0 atom stereocenters. The van der Waals surface area contributed by atoms with E-state index in [-0.39, 0.29) is 28.0 Å². The van der Waals surface area contributed by atoms with Crippen molar-refractivity contribution >= 4 is 28.5 Å². The number of allylic oxidation sites excluding steroid dienone is 5. The van der Waals surface area contributed by atoms with Gasteiger partial charge in [-0.25, -0.2) is 0 Å². The Morgan fingerprint density at radius 3 is 2.13 bits per heavy atom. The number of benzene rings is 2. The summed E-state index contributed by atoms with van der Waals surface area (Å²) in [6, 6.07) is 12.6. The molecule has 0 saturated heterocycles. The minimum absolute atomic E-state index is 0.0621. The van der Waals surface area contributed by atoms with Crippen LogP contribution in [0.4, 0.5) is 17.1 Å². The Hall–Kier alpha value is -4.03. The third-order valence-electron chi connectivity index (χ3n) is 4.16. The summed E-state index contributed by atoms with van der Waals surface area (Å²) in [5.41, 5.74) is 7.12. The van der Waals surface area contributed by atoms with Crippen molar-refractivity contribution in [1.29, 1.82) is 0 Å². The molecule has 2 aromatic carbocycles. The van der Waals surface area contributed by atoms with E-state index >= 15 is 0 Å². The van der Waals surface area contributed by atoms with Crippen molar-refractivity contribution in [2.45, 2.75) is 0 Å². The van der Waals surface area contributed by atoms with Crippen LogP contribution < -0.4 is 21.3 Å². The van der Waals surface area contributed by atoms with Crippen LogP contribution in [0.25, 0.3) is 5.70 Å². The standard InChI is InChI=1S/C19H16N5O6/c25-22(26)15-8-6-14(7-9-15)19(13-4-2-1-3-5-13)21-20-17-11-10-16(23(27)28)12-18(17)24(29)30/h1-12,20-21,29-30H/q-3. The summed E-state index contributed by atoms with van der Waals surface area (Å²) in [5, 5.41) is 61.6. The van der Waals surface area contributed by atoms with Crippen molar-refractivity contribution in [3.8, 4) is 0 Å². The molecule has 11 heteroatoms. The second-order valence-electron chi connectivity index (χ2n) is 6.04. The largest absolute Gasteiger partial charge is 0.769 e. The van der Waals surface area contributed by atoms with Crippen molar-refractivity contribution in [2.75, 3.05) is 15.9 Å². The Kier molecular flexibility index (Phi) is 6.20. The Labute approximate surface area is 170 Å². The Bertz CT molecular complexity index is 1010. The average molecular weight is 410 g/mol. The maximum atomic E-state index is 10.9. The van der Waals surface area contributed by atoms with Gasteiger partial charge in [0.1, 0.15) is 5.69 Å². The molecule has 0 unspecified atom stereocenters. The van der Waals surface area contributed by atoms with E-state index in [2.05, 4.69) is 10.9 Å². The molecule has 0 radical (unpaired) electrons. The molecular formula is C19H16N5O6-3. The third kappa shape index (κ3) is 4.68. The zero-order valence-corrected chi connectivity index (χ0v) is 15.3. The van der Waals surface area contributed by atoms with E-state index in [9.17, 15) is 31.2 Å². The van der Waals surface area contributed by atoms with Crippen LogP contribution in [0.5, 0.6) is 0 Å². The zero-order valence-electron chi connectivity index (χ0n) is 15.3. The zero-order chi connectivity index (χ0) is 21.7. The number of rotatable bonds is 6. The van der Waals surface area contributed by atoms with Crippen LogP contribution in [0.1, 0.15) is 5.56 Å². The molecule has 0 heterocycles. The highest BCUT2D eigenvalue weighted by atomic mass is 16.8. The van der Waals surface area contributed by atoms with Crippen LogP contribution in [-0.2, 0) is 0 Å². The molecule has 0 spiro atoms. The van der Waals surface area contributed by atoms with Crippen LogP contribution >= 0.6 is 0 Å². The van der Waals surface area contributed by atoms with Gasteiger partial charge in [0.2, 0.25) is 5.71 Å². The first-order valence-electron chi connectivity index (χ1n) is 8.52. The van der Waals surface area contributed by atoms with Crippen LogP contribution in [0.2, 0.25) is 0 Å². The highest BCUT2D eigenvalue weighted by molar-refractivity contribution is 6.03. The van der Waals surface area contributed by atoms with Gasteiger partial charge in [0.15, 0.2) is 0 Å². The fourth-order valence-corrected chi connectivity index (χ4v) is 2.70. The Balaban J connectivity index is 1.95. The molecule has 2 aromatic rings. The van der Waals surface area contributed by atoms with Gasteiger partial charge in [0, 0.05) is 23.4 Å². The molecule has 0 saturated carbocycles. The smallest absolute Gasteiger partial charge is 0.222 e. The van der Waals surface area contributed by atoms with Crippen LogP contribution in [0.3, 0.4) is 0 Å². The third-order valence-corrected chi connectivity index (χ3v) is 4.16. The van der Waals surface area contributed by atoms with Crippen molar-refractivity contribution in [3.05, 3.63) is 105 Å². The van der Waals surface area contributed by atoms with Crippen LogP contribution in [0.15, 0.2) is 78.4 Å². The molecule has 0 amide bonds. The van der Waals surface area contributed by atoms with Gasteiger partial charge in [-0.05, 0) is 35.9 Å². The van der Waals surface area contributed by atoms with Crippen molar-refractivity contribution in [2.24, 2.45) is 0 Å². The molecule has 0 fully saturated rings. The van der Waals surface area contributed by atoms with Gasteiger partial charge in [-0.3, -0.25) is 21.3 Å². The number of anilines is 3. The summed E-state index contributed by atoms with van der Waals surface area (Å²) in [6.45, 7) is 0. The molecular weight excluding hydrogens is 394 g/mol. The van der Waals surface area contributed by atoms with Crippen LogP contribution in [-0.4, -0.2) is 21.0 Å². The van der Waals surface area contributed by atoms with Gasteiger partial charge in [-0.2, -0.15) is 4.90 Å². The molecule has 1 aliphatic rings. The predicted octanol–water partition coefficient (Wildman–Crippen LogP) is 2.98. The SMILES string of the molecule is [O-]N([O-])c1ccc(NNC(=C2C=CC(=[N+]([O-])[O-])C=C2)c2ccccc2)c(N(O)O)c1. The number of hydrogen-bond donors (Lipinski definition) is 4. The van der Waals surface area contributed by atoms with E-state index in [0.717, 1.165) is 11.6 Å². The lowest BCUT2D eigenvalue weighted by Crippen LogP contribution is -2.24. The van der Waals surface area contributed by atoms with Gasteiger partial charge in [-0.15, -0.1) is 5.23 Å². The maximum Gasteiger partial charge on any atom is 0.222 e. The average Bonchev–Trinajstić information content (AvgIpc) is 2.74. The van der Waals surface area contributed by atoms with Gasteiger partial charge < -0.3 is 26.1 Å². The summed E-state index contributed by atoms with van der Waals surface area (Å²) in [6.07, 6.45) is 5.85.